The second-order valence-electron chi connectivity index (χ2n) is 2.53. The standard InChI is InChI=1S/C9H5ClN2O/c10-9(13)8-7-2-3-11-5-6(7)1-4-12-8/h1-5H. The molecule has 4 heteroatoms. The van der Waals surface area contributed by atoms with E-state index in [1.807, 2.05) is 0 Å². The van der Waals surface area contributed by atoms with E-state index in [9.17, 15) is 4.79 Å². The number of halogens is 1. The molecule has 0 aliphatic rings. The van der Waals surface area contributed by atoms with E-state index in [0.29, 0.717) is 0 Å². The van der Waals surface area contributed by atoms with Gasteiger partial charge < -0.3 is 0 Å². The topological polar surface area (TPSA) is 42.9 Å². The van der Waals surface area contributed by atoms with Gasteiger partial charge in [0.15, 0.2) is 0 Å². The summed E-state index contributed by atoms with van der Waals surface area (Å²) in [7, 11) is 0. The molecule has 0 atom stereocenters. The smallest absolute Gasteiger partial charge is 0.271 e. The quantitative estimate of drug-likeness (QED) is 0.650. The van der Waals surface area contributed by atoms with Gasteiger partial charge in [0.05, 0.1) is 0 Å². The van der Waals surface area contributed by atoms with Gasteiger partial charge in [0.1, 0.15) is 5.69 Å². The third kappa shape index (κ3) is 1.38. The Balaban J connectivity index is 2.83. The average molecular weight is 193 g/mol. The largest absolute Gasteiger partial charge is 0.274 e. The van der Waals surface area contributed by atoms with Crippen molar-refractivity contribution < 1.29 is 4.79 Å². The van der Waals surface area contributed by atoms with Gasteiger partial charge in [0.25, 0.3) is 5.24 Å². The van der Waals surface area contributed by atoms with Crippen LogP contribution in [0.4, 0.5) is 0 Å². The number of fused-ring (bicyclic) bond motifs is 1. The van der Waals surface area contributed by atoms with Gasteiger partial charge in [-0.2, -0.15) is 0 Å². The zero-order chi connectivity index (χ0) is 9.26. The van der Waals surface area contributed by atoms with Crippen LogP contribution in [0.1, 0.15) is 10.5 Å². The molecule has 0 N–H and O–H groups in total. The molecule has 0 aliphatic heterocycles. The van der Waals surface area contributed by atoms with E-state index < -0.39 is 5.24 Å². The van der Waals surface area contributed by atoms with Crippen LogP contribution in [0.2, 0.25) is 0 Å². The van der Waals surface area contributed by atoms with Crippen LogP contribution in [0.25, 0.3) is 10.8 Å². The SMILES string of the molecule is O=C(Cl)c1nccc2cnccc12. The van der Waals surface area contributed by atoms with E-state index in [1.165, 1.54) is 0 Å². The molecule has 0 spiro atoms. The van der Waals surface area contributed by atoms with Crippen molar-refractivity contribution in [3.63, 3.8) is 0 Å². The minimum atomic E-state index is -0.545. The van der Waals surface area contributed by atoms with Gasteiger partial charge >= 0.3 is 0 Å². The van der Waals surface area contributed by atoms with Gasteiger partial charge in [-0.15, -0.1) is 0 Å². The van der Waals surface area contributed by atoms with Crippen LogP contribution >= 0.6 is 11.6 Å². The first kappa shape index (κ1) is 8.13. The molecule has 0 unspecified atom stereocenters. The Hall–Kier alpha value is -1.48. The van der Waals surface area contributed by atoms with E-state index >= 15 is 0 Å². The molecule has 2 rings (SSSR count). The Morgan fingerprint density at radius 2 is 2.15 bits per heavy atom. The van der Waals surface area contributed by atoms with Gasteiger partial charge in [-0.25, -0.2) is 0 Å². The maximum atomic E-state index is 10.9. The number of hydrogen-bond donors (Lipinski definition) is 0. The molecule has 2 aromatic rings. The molecule has 3 nitrogen and oxygen atoms in total. The van der Waals surface area contributed by atoms with Crippen molar-refractivity contribution in [1.29, 1.82) is 0 Å². The van der Waals surface area contributed by atoms with Crippen molar-refractivity contribution in [3.05, 3.63) is 36.4 Å². The summed E-state index contributed by atoms with van der Waals surface area (Å²) in [6, 6.07) is 3.50. The summed E-state index contributed by atoms with van der Waals surface area (Å²) >= 11 is 5.36. The molecule has 0 aliphatic carbocycles. The van der Waals surface area contributed by atoms with Gasteiger partial charge in [0.2, 0.25) is 0 Å². The number of carbonyl (C=O) groups excluding carboxylic acids is 1. The predicted molar refractivity (Wildman–Crippen MR) is 49.7 cm³/mol. The maximum Gasteiger partial charge on any atom is 0.271 e. The molecule has 13 heavy (non-hydrogen) atoms. The van der Waals surface area contributed by atoms with Crippen molar-refractivity contribution in [1.82, 2.24) is 9.97 Å². The van der Waals surface area contributed by atoms with Crippen LogP contribution in [-0.4, -0.2) is 15.2 Å². The highest BCUT2D eigenvalue weighted by atomic mass is 35.5. The molecule has 64 valence electrons. The van der Waals surface area contributed by atoms with E-state index in [4.69, 9.17) is 11.6 Å². The first-order chi connectivity index (χ1) is 6.29. The number of aromatic nitrogens is 2. The molecule has 0 aromatic carbocycles. The minimum absolute atomic E-state index is 0.279. The molecule has 0 amide bonds. The lowest BCUT2D eigenvalue weighted by Crippen LogP contribution is -1.94. The molecule has 0 saturated heterocycles. The zero-order valence-electron chi connectivity index (χ0n) is 6.57. The summed E-state index contributed by atoms with van der Waals surface area (Å²) in [6.07, 6.45) is 4.81. The van der Waals surface area contributed by atoms with Crippen LogP contribution in [-0.2, 0) is 0 Å². The van der Waals surface area contributed by atoms with Crippen molar-refractivity contribution in [3.8, 4) is 0 Å². The predicted octanol–water partition coefficient (Wildman–Crippen LogP) is 2.01. The van der Waals surface area contributed by atoms with Crippen molar-refractivity contribution >= 4 is 27.6 Å². The first-order valence-corrected chi connectivity index (χ1v) is 4.05. The third-order valence-electron chi connectivity index (χ3n) is 1.75. The fraction of sp³-hybridized carbons (Fsp3) is 0. The maximum absolute atomic E-state index is 10.9. The summed E-state index contributed by atoms with van der Waals surface area (Å²) in [4.78, 5) is 18.8. The summed E-state index contributed by atoms with van der Waals surface area (Å²) in [5.41, 5.74) is 0.279. The first-order valence-electron chi connectivity index (χ1n) is 3.67. The van der Waals surface area contributed by atoms with Crippen LogP contribution in [0, 0.1) is 0 Å². The van der Waals surface area contributed by atoms with Gasteiger partial charge in [-0.3, -0.25) is 14.8 Å². The highest BCUT2D eigenvalue weighted by molar-refractivity contribution is 6.68. The number of carbonyl (C=O) groups is 1. The number of pyridine rings is 2. The second-order valence-corrected chi connectivity index (χ2v) is 2.87. The van der Waals surface area contributed by atoms with E-state index in [0.717, 1.165) is 10.8 Å². The molecule has 0 bridgehead atoms. The lowest BCUT2D eigenvalue weighted by Gasteiger charge is -1.98. The summed E-state index contributed by atoms with van der Waals surface area (Å²) in [5, 5.41) is 1.05. The lowest BCUT2D eigenvalue weighted by atomic mass is 10.2. The van der Waals surface area contributed by atoms with E-state index in [1.54, 1.807) is 30.7 Å². The van der Waals surface area contributed by atoms with E-state index in [2.05, 4.69) is 9.97 Å². The van der Waals surface area contributed by atoms with Crippen molar-refractivity contribution in [2.75, 3.05) is 0 Å². The Morgan fingerprint density at radius 1 is 1.31 bits per heavy atom. The summed E-state index contributed by atoms with van der Waals surface area (Å²) in [6.45, 7) is 0. The summed E-state index contributed by atoms with van der Waals surface area (Å²) < 4.78 is 0. The Kier molecular flexibility index (Phi) is 1.94. The number of nitrogens with zero attached hydrogens (tertiary/aromatic N) is 2. The molecule has 2 aromatic heterocycles. The van der Waals surface area contributed by atoms with Crippen LogP contribution in [0.3, 0.4) is 0 Å². The van der Waals surface area contributed by atoms with Gasteiger partial charge in [-0.05, 0) is 23.7 Å². The monoisotopic (exact) mass is 192 g/mol. The Labute approximate surface area is 79.4 Å². The fourth-order valence-electron chi connectivity index (χ4n) is 1.17. The third-order valence-corrected chi connectivity index (χ3v) is 1.93. The molecule has 0 radical (unpaired) electrons. The van der Waals surface area contributed by atoms with Crippen LogP contribution in [0.15, 0.2) is 30.7 Å². The fourth-order valence-corrected chi connectivity index (χ4v) is 1.32. The molecular formula is C9H5ClN2O. The van der Waals surface area contributed by atoms with Crippen LogP contribution in [0.5, 0.6) is 0 Å². The van der Waals surface area contributed by atoms with Crippen molar-refractivity contribution in [2.45, 2.75) is 0 Å². The normalized spacial score (nSPS) is 10.2. The molecule has 0 fully saturated rings. The highest BCUT2D eigenvalue weighted by Crippen LogP contribution is 2.16. The second kappa shape index (κ2) is 3.11. The minimum Gasteiger partial charge on any atom is -0.274 e. The lowest BCUT2D eigenvalue weighted by molar-refractivity contribution is 0.107. The molecule has 0 saturated carbocycles. The Bertz CT molecular complexity index is 465. The van der Waals surface area contributed by atoms with Gasteiger partial charge in [-0.1, -0.05) is 0 Å². The van der Waals surface area contributed by atoms with E-state index in [-0.39, 0.29) is 5.69 Å². The molecular weight excluding hydrogens is 188 g/mol. The van der Waals surface area contributed by atoms with Crippen molar-refractivity contribution in [2.24, 2.45) is 0 Å². The van der Waals surface area contributed by atoms with Crippen LogP contribution < -0.4 is 0 Å². The highest BCUT2D eigenvalue weighted by Gasteiger charge is 2.07. The zero-order valence-corrected chi connectivity index (χ0v) is 7.32. The summed E-state index contributed by atoms with van der Waals surface area (Å²) in [5.74, 6) is 0. The number of rotatable bonds is 1. The average Bonchev–Trinajstić information content (AvgIpc) is 2.17. The Morgan fingerprint density at radius 3 is 2.92 bits per heavy atom. The number of hydrogen-bond acceptors (Lipinski definition) is 3. The van der Waals surface area contributed by atoms with Gasteiger partial charge in [0, 0.05) is 29.4 Å². The molecule has 2 heterocycles.